The third kappa shape index (κ3) is 4.21. The molecule has 0 amide bonds. The van der Waals surface area contributed by atoms with Gasteiger partial charge in [-0.2, -0.15) is 13.2 Å². The first-order valence-corrected chi connectivity index (χ1v) is 8.96. The van der Waals surface area contributed by atoms with Gasteiger partial charge in [-0.15, -0.1) is 10.2 Å². The van der Waals surface area contributed by atoms with Crippen LogP contribution in [0.25, 0.3) is 11.6 Å². The van der Waals surface area contributed by atoms with E-state index in [1.54, 1.807) is 6.92 Å². The maximum absolute atomic E-state index is 13.4. The zero-order valence-electron chi connectivity index (χ0n) is 15.9. The Bertz CT molecular complexity index is 862. The van der Waals surface area contributed by atoms with Crippen molar-refractivity contribution < 1.29 is 27.4 Å². The fourth-order valence-corrected chi connectivity index (χ4v) is 3.05. The van der Waals surface area contributed by atoms with Crippen LogP contribution in [0.3, 0.4) is 0 Å². The molecule has 2 aromatic rings. The molecule has 0 saturated heterocycles. The van der Waals surface area contributed by atoms with Crippen LogP contribution in [0.5, 0.6) is 5.88 Å². The van der Waals surface area contributed by atoms with E-state index in [0.29, 0.717) is 19.3 Å². The Morgan fingerprint density at radius 2 is 1.82 bits per heavy atom. The van der Waals surface area contributed by atoms with Crippen LogP contribution in [0.15, 0.2) is 10.5 Å². The van der Waals surface area contributed by atoms with E-state index in [1.807, 2.05) is 13.8 Å². The molecule has 10 heteroatoms. The molecule has 2 aromatic heterocycles. The number of fused-ring (bicyclic) bond motifs is 5. The molecule has 28 heavy (non-hydrogen) atoms. The van der Waals surface area contributed by atoms with Crippen LogP contribution >= 0.6 is 0 Å². The van der Waals surface area contributed by atoms with Crippen molar-refractivity contribution in [2.45, 2.75) is 58.2 Å². The highest BCUT2D eigenvalue weighted by Crippen LogP contribution is 2.40. The predicted molar refractivity (Wildman–Crippen MR) is 94.3 cm³/mol. The summed E-state index contributed by atoms with van der Waals surface area (Å²) in [6, 6.07) is 0.749. The summed E-state index contributed by atoms with van der Waals surface area (Å²) < 4.78 is 51.3. The minimum absolute atomic E-state index is 0.0395. The zero-order valence-corrected chi connectivity index (χ0v) is 15.9. The Kier molecular flexibility index (Phi) is 5.03. The second-order valence-electron chi connectivity index (χ2n) is 8.12. The van der Waals surface area contributed by atoms with Crippen molar-refractivity contribution >= 4 is 5.69 Å². The number of rotatable bonds is 0. The van der Waals surface area contributed by atoms with Crippen LogP contribution in [0.4, 0.5) is 18.9 Å². The van der Waals surface area contributed by atoms with Gasteiger partial charge in [0, 0.05) is 0 Å². The number of hydrogen-bond donors (Lipinski definition) is 2. The van der Waals surface area contributed by atoms with E-state index in [1.165, 1.54) is 0 Å². The van der Waals surface area contributed by atoms with E-state index in [4.69, 9.17) is 14.9 Å². The molecule has 0 saturated carbocycles. The summed E-state index contributed by atoms with van der Waals surface area (Å²) in [6.07, 6.45) is -2.17. The van der Waals surface area contributed by atoms with Gasteiger partial charge >= 0.3 is 6.18 Å². The highest BCUT2D eigenvalue weighted by Gasteiger charge is 2.38. The van der Waals surface area contributed by atoms with Crippen molar-refractivity contribution in [3.05, 3.63) is 17.5 Å². The number of ether oxygens (including phenoxy) is 1. The first-order valence-electron chi connectivity index (χ1n) is 8.96. The molecular formula is C18H23F3N4O3. The van der Waals surface area contributed by atoms with E-state index >= 15 is 0 Å². The summed E-state index contributed by atoms with van der Waals surface area (Å²) in [5.74, 6) is -0.807. The molecule has 0 aromatic carbocycles. The molecule has 7 nitrogen and oxygen atoms in total. The largest absolute Gasteiger partial charge is 0.477 e. The fourth-order valence-electron chi connectivity index (χ4n) is 3.05. The van der Waals surface area contributed by atoms with Gasteiger partial charge in [-0.1, -0.05) is 26.7 Å². The van der Waals surface area contributed by atoms with Gasteiger partial charge in [0.05, 0.1) is 12.3 Å². The molecule has 3 rings (SSSR count). The standard InChI is InChI=1S/C18H23F3N4O3/c1-16(2)6-4-5-7-17(3,26)15-25-24-14(28-15)12-11(22)8-10(18(19,20)21)13(23-12)27-9-16/h8,26H,4-7,9,22H2,1-3H3/t17-/m1/s1. The summed E-state index contributed by atoms with van der Waals surface area (Å²) in [6.45, 7) is 5.41. The Labute approximate surface area is 160 Å². The molecule has 0 fully saturated rings. The molecule has 1 atom stereocenters. The van der Waals surface area contributed by atoms with Crippen LogP contribution in [0, 0.1) is 5.41 Å². The predicted octanol–water partition coefficient (Wildman–Crippen LogP) is 3.92. The third-order valence-electron chi connectivity index (χ3n) is 4.78. The number of alkyl halides is 3. The third-order valence-corrected chi connectivity index (χ3v) is 4.78. The van der Waals surface area contributed by atoms with E-state index < -0.39 is 23.2 Å². The van der Waals surface area contributed by atoms with Crippen molar-refractivity contribution in [1.29, 1.82) is 0 Å². The van der Waals surface area contributed by atoms with E-state index in [-0.39, 0.29) is 35.2 Å². The lowest BCUT2D eigenvalue weighted by atomic mass is 9.86. The topological polar surface area (TPSA) is 107 Å². The second kappa shape index (κ2) is 6.91. The molecule has 0 spiro atoms. The summed E-state index contributed by atoms with van der Waals surface area (Å²) in [5.41, 5.74) is 2.58. The van der Waals surface area contributed by atoms with Crippen molar-refractivity contribution in [1.82, 2.24) is 15.2 Å². The monoisotopic (exact) mass is 400 g/mol. The summed E-state index contributed by atoms with van der Waals surface area (Å²) in [4.78, 5) is 3.94. The molecular weight excluding hydrogens is 377 g/mol. The van der Waals surface area contributed by atoms with Crippen LogP contribution in [0.2, 0.25) is 0 Å². The number of pyridine rings is 1. The van der Waals surface area contributed by atoms with Crippen molar-refractivity contribution in [2.24, 2.45) is 5.41 Å². The number of anilines is 1. The summed E-state index contributed by atoms with van der Waals surface area (Å²) in [7, 11) is 0. The van der Waals surface area contributed by atoms with Gasteiger partial charge in [-0.3, -0.25) is 0 Å². The Balaban J connectivity index is 2.13. The van der Waals surface area contributed by atoms with Crippen molar-refractivity contribution in [3.63, 3.8) is 0 Å². The smallest absolute Gasteiger partial charge is 0.421 e. The van der Waals surface area contributed by atoms with Gasteiger partial charge in [0.1, 0.15) is 11.2 Å². The Hall–Kier alpha value is -2.36. The van der Waals surface area contributed by atoms with Gasteiger partial charge < -0.3 is 20.0 Å². The Morgan fingerprint density at radius 1 is 1.14 bits per heavy atom. The summed E-state index contributed by atoms with van der Waals surface area (Å²) >= 11 is 0. The number of nitrogens with two attached hydrogens (primary N) is 1. The van der Waals surface area contributed by atoms with E-state index in [0.717, 1.165) is 12.5 Å². The average Bonchev–Trinajstić information content (AvgIpc) is 3.07. The zero-order chi connectivity index (χ0) is 20.7. The molecule has 1 aliphatic heterocycles. The van der Waals surface area contributed by atoms with E-state index in [2.05, 4.69) is 15.2 Å². The van der Waals surface area contributed by atoms with E-state index in [9.17, 15) is 18.3 Å². The molecule has 4 bridgehead atoms. The maximum atomic E-state index is 13.4. The van der Waals surface area contributed by atoms with Gasteiger partial charge in [0.25, 0.3) is 5.89 Å². The quantitative estimate of drug-likeness (QED) is 0.690. The van der Waals surface area contributed by atoms with Gasteiger partial charge in [0.15, 0.2) is 5.69 Å². The highest BCUT2D eigenvalue weighted by atomic mass is 19.4. The van der Waals surface area contributed by atoms with Gasteiger partial charge in [-0.25, -0.2) is 4.98 Å². The number of halogens is 3. The summed E-state index contributed by atoms with van der Waals surface area (Å²) in [5, 5.41) is 18.3. The first-order chi connectivity index (χ1) is 12.9. The SMILES string of the molecule is CC1(C)CCCC[C@@](C)(O)c2nnc(o2)-c2nc(c(C(F)(F)F)cc2N)OC1. The van der Waals surface area contributed by atoms with Crippen LogP contribution in [-0.4, -0.2) is 26.9 Å². The first kappa shape index (κ1) is 20.4. The van der Waals surface area contributed by atoms with Gasteiger partial charge in [-0.05, 0) is 31.2 Å². The number of aliphatic hydroxyl groups is 1. The number of aromatic nitrogens is 3. The molecule has 1 aliphatic rings. The number of hydrogen-bond acceptors (Lipinski definition) is 7. The molecule has 0 aliphatic carbocycles. The lowest BCUT2D eigenvalue weighted by Crippen LogP contribution is -2.24. The van der Waals surface area contributed by atoms with Crippen LogP contribution in [0.1, 0.15) is 57.9 Å². The van der Waals surface area contributed by atoms with Crippen LogP contribution in [-0.2, 0) is 11.8 Å². The number of nitrogens with zero attached hydrogens (tertiary/aromatic N) is 3. The fraction of sp³-hybridized carbons (Fsp3) is 0.611. The van der Waals surface area contributed by atoms with Crippen LogP contribution < -0.4 is 10.5 Å². The normalized spacial score (nSPS) is 23.0. The average molecular weight is 400 g/mol. The lowest BCUT2D eigenvalue weighted by molar-refractivity contribution is -0.139. The van der Waals surface area contributed by atoms with Gasteiger partial charge in [0.2, 0.25) is 11.8 Å². The molecule has 0 unspecified atom stereocenters. The maximum Gasteiger partial charge on any atom is 0.421 e. The Morgan fingerprint density at radius 3 is 2.50 bits per heavy atom. The molecule has 3 heterocycles. The molecule has 3 N–H and O–H groups in total. The minimum atomic E-state index is -4.69. The van der Waals surface area contributed by atoms with Crippen molar-refractivity contribution in [3.8, 4) is 17.5 Å². The minimum Gasteiger partial charge on any atom is -0.477 e. The number of nitrogen functional groups attached to an aromatic ring is 1. The lowest BCUT2D eigenvalue weighted by Gasteiger charge is -2.26. The molecule has 0 radical (unpaired) electrons. The highest BCUT2D eigenvalue weighted by molar-refractivity contribution is 5.68. The molecule has 154 valence electrons. The second-order valence-corrected chi connectivity index (χ2v) is 8.12. The van der Waals surface area contributed by atoms with Crippen molar-refractivity contribution in [2.75, 3.05) is 12.3 Å².